The van der Waals surface area contributed by atoms with Crippen LogP contribution in [0.3, 0.4) is 0 Å². The van der Waals surface area contributed by atoms with E-state index in [4.69, 9.17) is 10.5 Å². The average molecular weight is 296 g/mol. The fraction of sp³-hybridized carbons (Fsp3) is 0.294. The highest BCUT2D eigenvalue weighted by molar-refractivity contribution is 6.08. The van der Waals surface area contributed by atoms with Gasteiger partial charge in [0.25, 0.3) is 0 Å². The largest absolute Gasteiger partial charge is 0.497 e. The maximum absolute atomic E-state index is 6.12. The average Bonchev–Trinajstić information content (AvgIpc) is 2.90. The maximum atomic E-state index is 6.12. The van der Waals surface area contributed by atoms with Crippen LogP contribution in [0.2, 0.25) is 0 Å². The van der Waals surface area contributed by atoms with E-state index in [-0.39, 0.29) is 0 Å². The van der Waals surface area contributed by atoms with Gasteiger partial charge in [-0.15, -0.1) is 0 Å². The van der Waals surface area contributed by atoms with Crippen LogP contribution in [0, 0.1) is 5.92 Å². The summed E-state index contributed by atoms with van der Waals surface area (Å²) in [6.45, 7) is 9.17. The molecule has 0 aliphatic heterocycles. The molecule has 3 rings (SSSR count). The van der Waals surface area contributed by atoms with E-state index < -0.39 is 0 Å². The van der Waals surface area contributed by atoms with Gasteiger partial charge in [-0.1, -0.05) is 32.6 Å². The van der Waals surface area contributed by atoms with Crippen molar-refractivity contribution in [2.45, 2.75) is 20.4 Å². The Morgan fingerprint density at radius 1 is 1.36 bits per heavy atom. The summed E-state index contributed by atoms with van der Waals surface area (Å²) in [5.41, 5.74) is 9.53. The van der Waals surface area contributed by atoms with Gasteiger partial charge in [0, 0.05) is 17.5 Å². The van der Waals surface area contributed by atoms with Crippen molar-refractivity contribution in [1.82, 2.24) is 14.5 Å². The zero-order valence-corrected chi connectivity index (χ0v) is 13.1. The van der Waals surface area contributed by atoms with E-state index in [0.29, 0.717) is 17.5 Å². The number of fused-ring (bicyclic) bond motifs is 3. The lowest BCUT2D eigenvalue weighted by molar-refractivity contribution is 0.372. The number of hydrogen-bond acceptors (Lipinski definition) is 4. The first kappa shape index (κ1) is 14.4. The molecule has 0 bridgehead atoms. The Balaban J connectivity index is 2.39. The lowest BCUT2D eigenvalue weighted by atomic mass is 10.1. The van der Waals surface area contributed by atoms with Gasteiger partial charge in [0.1, 0.15) is 11.3 Å². The van der Waals surface area contributed by atoms with Gasteiger partial charge in [0.2, 0.25) is 0 Å². The van der Waals surface area contributed by atoms with Crippen LogP contribution >= 0.6 is 0 Å². The lowest BCUT2D eigenvalue weighted by Crippen LogP contribution is -2.04. The monoisotopic (exact) mass is 296 g/mol. The Bertz CT molecular complexity index is 864. The van der Waals surface area contributed by atoms with Gasteiger partial charge in [-0.05, 0) is 12.0 Å². The molecular weight excluding hydrogens is 276 g/mol. The SMILES string of the molecule is C=C(OC)c1cccc2c1nc(N)c1ncn(CC(C)C)c12. The number of rotatable bonds is 4. The predicted octanol–water partition coefficient (Wildman–Crippen LogP) is 3.44. The van der Waals surface area contributed by atoms with Crippen LogP contribution in [-0.2, 0) is 11.3 Å². The summed E-state index contributed by atoms with van der Waals surface area (Å²) in [6, 6.07) is 5.95. The van der Waals surface area contributed by atoms with Crippen LogP contribution in [0.15, 0.2) is 31.1 Å². The third kappa shape index (κ3) is 2.19. The van der Waals surface area contributed by atoms with Crippen molar-refractivity contribution in [2.75, 3.05) is 12.8 Å². The van der Waals surface area contributed by atoms with Crippen LogP contribution in [0.25, 0.3) is 27.7 Å². The molecule has 0 atom stereocenters. The Labute approximate surface area is 129 Å². The zero-order valence-electron chi connectivity index (χ0n) is 13.1. The number of hydrogen-bond donors (Lipinski definition) is 1. The molecule has 2 N–H and O–H groups in total. The van der Waals surface area contributed by atoms with Crippen LogP contribution in [0.4, 0.5) is 5.82 Å². The minimum Gasteiger partial charge on any atom is -0.497 e. The van der Waals surface area contributed by atoms with Crippen molar-refractivity contribution < 1.29 is 4.74 Å². The molecule has 114 valence electrons. The smallest absolute Gasteiger partial charge is 0.152 e. The molecule has 0 fully saturated rings. The normalized spacial score (nSPS) is 11.5. The maximum Gasteiger partial charge on any atom is 0.152 e. The molecule has 2 aromatic heterocycles. The van der Waals surface area contributed by atoms with Crippen molar-refractivity contribution in [2.24, 2.45) is 5.92 Å². The number of nitrogen functional groups attached to an aromatic ring is 1. The summed E-state index contributed by atoms with van der Waals surface area (Å²) in [5, 5.41) is 1.01. The number of benzene rings is 1. The Hall–Kier alpha value is -2.56. The highest BCUT2D eigenvalue weighted by Crippen LogP contribution is 2.31. The van der Waals surface area contributed by atoms with E-state index in [1.54, 1.807) is 7.11 Å². The minimum absolute atomic E-state index is 0.432. The van der Waals surface area contributed by atoms with Crippen molar-refractivity contribution in [3.05, 3.63) is 36.7 Å². The molecule has 0 unspecified atom stereocenters. The first-order chi connectivity index (χ1) is 10.5. The van der Waals surface area contributed by atoms with Gasteiger partial charge in [-0.3, -0.25) is 0 Å². The summed E-state index contributed by atoms with van der Waals surface area (Å²) in [6.07, 6.45) is 1.83. The first-order valence-corrected chi connectivity index (χ1v) is 7.29. The first-order valence-electron chi connectivity index (χ1n) is 7.29. The predicted molar refractivity (Wildman–Crippen MR) is 90.3 cm³/mol. The van der Waals surface area contributed by atoms with E-state index in [1.807, 2.05) is 24.5 Å². The van der Waals surface area contributed by atoms with Crippen LogP contribution in [-0.4, -0.2) is 21.6 Å². The number of anilines is 1. The molecule has 0 radical (unpaired) electrons. The molecule has 0 aliphatic carbocycles. The van der Waals surface area contributed by atoms with Gasteiger partial charge in [-0.25, -0.2) is 9.97 Å². The van der Waals surface area contributed by atoms with Gasteiger partial charge < -0.3 is 15.0 Å². The third-order valence-corrected chi connectivity index (χ3v) is 3.71. The molecule has 5 nitrogen and oxygen atoms in total. The van der Waals surface area contributed by atoms with E-state index in [9.17, 15) is 0 Å². The molecule has 0 amide bonds. The lowest BCUT2D eigenvalue weighted by Gasteiger charge is -2.12. The molecule has 3 aromatic rings. The quantitative estimate of drug-likeness (QED) is 0.749. The number of pyridine rings is 1. The third-order valence-electron chi connectivity index (χ3n) is 3.71. The summed E-state index contributed by atoms with van der Waals surface area (Å²) in [7, 11) is 1.60. The highest BCUT2D eigenvalue weighted by atomic mass is 16.5. The number of ether oxygens (including phenoxy) is 1. The number of aromatic nitrogens is 3. The van der Waals surface area contributed by atoms with E-state index in [2.05, 4.69) is 35.0 Å². The van der Waals surface area contributed by atoms with Crippen molar-refractivity contribution >= 4 is 33.5 Å². The molecule has 1 aromatic carbocycles. The highest BCUT2D eigenvalue weighted by Gasteiger charge is 2.16. The Morgan fingerprint density at radius 2 is 2.14 bits per heavy atom. The number of imidazole rings is 1. The minimum atomic E-state index is 0.432. The summed E-state index contributed by atoms with van der Waals surface area (Å²) < 4.78 is 7.41. The van der Waals surface area contributed by atoms with Gasteiger partial charge in [0.15, 0.2) is 5.82 Å². The van der Waals surface area contributed by atoms with Crippen LogP contribution < -0.4 is 5.73 Å². The molecule has 22 heavy (non-hydrogen) atoms. The second kappa shape index (κ2) is 5.33. The Kier molecular flexibility index (Phi) is 3.48. The summed E-state index contributed by atoms with van der Waals surface area (Å²) >= 11 is 0. The van der Waals surface area contributed by atoms with E-state index >= 15 is 0 Å². The summed E-state index contributed by atoms with van der Waals surface area (Å²) in [5.74, 6) is 1.52. The van der Waals surface area contributed by atoms with Crippen LogP contribution in [0.5, 0.6) is 0 Å². The van der Waals surface area contributed by atoms with Gasteiger partial charge >= 0.3 is 0 Å². The van der Waals surface area contributed by atoms with Crippen LogP contribution in [0.1, 0.15) is 19.4 Å². The molecule has 0 spiro atoms. The second-order valence-corrected chi connectivity index (χ2v) is 5.81. The van der Waals surface area contributed by atoms with Gasteiger partial charge in [0.05, 0.1) is 24.5 Å². The van der Waals surface area contributed by atoms with Crippen molar-refractivity contribution in [1.29, 1.82) is 0 Å². The Morgan fingerprint density at radius 3 is 2.82 bits per heavy atom. The second-order valence-electron chi connectivity index (χ2n) is 5.81. The molecule has 2 heterocycles. The topological polar surface area (TPSA) is 66.0 Å². The summed E-state index contributed by atoms with van der Waals surface area (Å²) in [4.78, 5) is 8.96. The number of nitrogens with zero attached hydrogens (tertiary/aromatic N) is 3. The number of methoxy groups -OCH3 is 1. The molecule has 5 heteroatoms. The number of para-hydroxylation sites is 1. The zero-order chi connectivity index (χ0) is 15.9. The van der Waals surface area contributed by atoms with Crippen molar-refractivity contribution in [3.63, 3.8) is 0 Å². The van der Waals surface area contributed by atoms with Gasteiger partial charge in [-0.2, -0.15) is 0 Å². The molecule has 0 saturated carbocycles. The van der Waals surface area contributed by atoms with E-state index in [0.717, 1.165) is 34.0 Å². The van der Waals surface area contributed by atoms with Crippen molar-refractivity contribution in [3.8, 4) is 0 Å². The molecule has 0 saturated heterocycles. The molecule has 0 aliphatic rings. The van der Waals surface area contributed by atoms with E-state index in [1.165, 1.54) is 0 Å². The standard InChI is InChI=1S/C17H20N4O/c1-10(2)8-21-9-19-15-16(21)13-7-5-6-12(11(3)22-4)14(13)20-17(15)18/h5-7,9-10H,3,8H2,1-2,4H3,(H2,18,20). The number of nitrogens with two attached hydrogens (primary N) is 1. The molecular formula is C17H20N4O. The fourth-order valence-corrected chi connectivity index (χ4v) is 2.75. The fourth-order valence-electron chi connectivity index (χ4n) is 2.75.